The lowest BCUT2D eigenvalue weighted by molar-refractivity contribution is -0.287. The maximum Gasteiger partial charge on any atom is 0.437 e. The highest BCUT2D eigenvalue weighted by Crippen LogP contribution is 2.44. The van der Waals surface area contributed by atoms with Crippen molar-refractivity contribution < 1.29 is 32.3 Å². The first-order chi connectivity index (χ1) is 12.6. The van der Waals surface area contributed by atoms with E-state index in [9.17, 15) is 32.3 Å². The van der Waals surface area contributed by atoms with E-state index < -0.39 is 41.5 Å². The van der Waals surface area contributed by atoms with E-state index in [1.807, 2.05) is 0 Å². The molecular formula is C18H14F4N2O3. The predicted molar refractivity (Wildman–Crippen MR) is 86.1 cm³/mol. The Morgan fingerprint density at radius 3 is 2.22 bits per heavy atom. The van der Waals surface area contributed by atoms with Crippen molar-refractivity contribution in [2.75, 3.05) is 0 Å². The zero-order valence-corrected chi connectivity index (χ0v) is 13.6. The van der Waals surface area contributed by atoms with Crippen molar-refractivity contribution in [2.45, 2.75) is 17.9 Å². The Morgan fingerprint density at radius 2 is 1.63 bits per heavy atom. The maximum absolute atomic E-state index is 14.2. The molecule has 0 aromatic heterocycles. The van der Waals surface area contributed by atoms with Crippen LogP contribution in [0.4, 0.5) is 22.4 Å². The highest BCUT2D eigenvalue weighted by molar-refractivity contribution is 6.00. The summed E-state index contributed by atoms with van der Waals surface area (Å²) in [6.07, 6.45) is -5.39. The molecule has 0 aliphatic carbocycles. The van der Waals surface area contributed by atoms with Gasteiger partial charge in [-0.1, -0.05) is 48.5 Å². The third kappa shape index (κ3) is 3.25. The number of benzene rings is 2. The van der Waals surface area contributed by atoms with Crippen LogP contribution in [0.5, 0.6) is 0 Å². The first-order valence-electron chi connectivity index (χ1n) is 7.86. The fourth-order valence-electron chi connectivity index (χ4n) is 3.11. The Kier molecular flexibility index (Phi) is 4.64. The number of aliphatic hydroxyl groups is 1. The Morgan fingerprint density at radius 1 is 1.04 bits per heavy atom. The van der Waals surface area contributed by atoms with Gasteiger partial charge in [-0.3, -0.25) is 4.79 Å². The summed E-state index contributed by atoms with van der Waals surface area (Å²) in [5.74, 6) is -4.27. The molecule has 3 rings (SSSR count). The number of carbonyl (C=O) groups excluding carboxylic acids is 2. The first kappa shape index (κ1) is 18.8. The normalized spacial score (nSPS) is 25.4. The van der Waals surface area contributed by atoms with Crippen molar-refractivity contribution in [3.05, 3.63) is 71.5 Å². The lowest BCUT2D eigenvalue weighted by atomic mass is 9.77. The molecule has 3 N–H and O–H groups in total. The molecule has 3 atom stereocenters. The van der Waals surface area contributed by atoms with Gasteiger partial charge in [-0.05, 0) is 6.07 Å². The first-order valence-corrected chi connectivity index (χ1v) is 7.86. The molecular weight excluding hydrogens is 368 g/mol. The van der Waals surface area contributed by atoms with Crippen molar-refractivity contribution in [3.63, 3.8) is 0 Å². The summed E-state index contributed by atoms with van der Waals surface area (Å²) in [5.41, 5.74) is -4.34. The largest absolute Gasteiger partial charge is 0.437 e. The number of Topliss-reactive ketones (excluding diaryl/α,β-unsaturated/α-hetero) is 1. The second-order valence-electron chi connectivity index (χ2n) is 6.07. The molecule has 0 unspecified atom stereocenters. The van der Waals surface area contributed by atoms with Crippen LogP contribution in [-0.2, 0) is 0 Å². The highest BCUT2D eigenvalue weighted by atomic mass is 19.4. The summed E-state index contributed by atoms with van der Waals surface area (Å²) >= 11 is 0. The van der Waals surface area contributed by atoms with Crippen molar-refractivity contribution >= 4 is 11.8 Å². The molecule has 2 aromatic rings. The smallest absolute Gasteiger partial charge is 0.363 e. The van der Waals surface area contributed by atoms with Gasteiger partial charge in [0, 0.05) is 11.1 Å². The van der Waals surface area contributed by atoms with Gasteiger partial charge in [0.15, 0.2) is 5.78 Å². The number of hydrogen-bond donors (Lipinski definition) is 3. The Hall–Kier alpha value is -2.94. The lowest BCUT2D eigenvalue weighted by Gasteiger charge is -2.45. The third-order valence-corrected chi connectivity index (χ3v) is 4.39. The maximum atomic E-state index is 14.2. The molecule has 1 heterocycles. The molecule has 9 heteroatoms. The molecule has 2 amide bonds. The molecule has 0 bridgehead atoms. The van der Waals surface area contributed by atoms with Crippen LogP contribution in [0.25, 0.3) is 0 Å². The summed E-state index contributed by atoms with van der Waals surface area (Å²) in [5, 5.41) is 13.9. The number of halogens is 4. The third-order valence-electron chi connectivity index (χ3n) is 4.39. The van der Waals surface area contributed by atoms with E-state index in [1.165, 1.54) is 41.7 Å². The van der Waals surface area contributed by atoms with Gasteiger partial charge in [-0.25, -0.2) is 9.18 Å². The fraction of sp³-hybridized carbons (Fsp3) is 0.222. The minimum atomic E-state index is -5.39. The summed E-state index contributed by atoms with van der Waals surface area (Å²) in [4.78, 5) is 24.7. The standard InChI is InChI=1S/C18H14F4N2O3/c19-12-9-5-4-8-11(12)14-13(15(25)10-6-2-1-3-7-10)17(27,18(20,21)22)24-16(26)23-14/h1-9,13-14,27H,(H2,23,24,26)/t13-,14-,17-/m0/s1. The molecule has 1 saturated heterocycles. The lowest BCUT2D eigenvalue weighted by Crippen LogP contribution is -2.72. The minimum absolute atomic E-state index is 0.121. The topological polar surface area (TPSA) is 78.4 Å². The fourth-order valence-corrected chi connectivity index (χ4v) is 3.11. The van der Waals surface area contributed by atoms with Crippen molar-refractivity contribution in [2.24, 2.45) is 5.92 Å². The van der Waals surface area contributed by atoms with Gasteiger partial charge in [0.2, 0.25) is 5.72 Å². The van der Waals surface area contributed by atoms with Crippen LogP contribution in [0.1, 0.15) is 22.0 Å². The molecule has 2 aromatic carbocycles. The van der Waals surface area contributed by atoms with Crippen molar-refractivity contribution in [3.8, 4) is 0 Å². The second kappa shape index (κ2) is 6.66. The Labute approximate surface area is 151 Å². The van der Waals surface area contributed by atoms with E-state index in [0.717, 1.165) is 12.1 Å². The zero-order chi connectivity index (χ0) is 19.8. The van der Waals surface area contributed by atoms with Crippen molar-refractivity contribution in [1.82, 2.24) is 10.6 Å². The van der Waals surface area contributed by atoms with E-state index in [2.05, 4.69) is 5.32 Å². The molecule has 5 nitrogen and oxygen atoms in total. The predicted octanol–water partition coefficient (Wildman–Crippen LogP) is 2.93. The van der Waals surface area contributed by atoms with E-state index >= 15 is 0 Å². The molecule has 0 saturated carbocycles. The van der Waals surface area contributed by atoms with E-state index in [1.54, 1.807) is 6.07 Å². The summed E-state index contributed by atoms with van der Waals surface area (Å²) < 4.78 is 55.3. The minimum Gasteiger partial charge on any atom is -0.363 e. The molecule has 0 radical (unpaired) electrons. The van der Waals surface area contributed by atoms with Gasteiger partial charge in [-0.15, -0.1) is 0 Å². The number of ketones is 1. The average molecular weight is 382 g/mol. The van der Waals surface area contributed by atoms with Crippen LogP contribution in [0.2, 0.25) is 0 Å². The van der Waals surface area contributed by atoms with Gasteiger partial charge in [0.25, 0.3) is 0 Å². The van der Waals surface area contributed by atoms with Gasteiger partial charge in [0.05, 0.1) is 6.04 Å². The number of nitrogens with one attached hydrogen (secondary N) is 2. The van der Waals surface area contributed by atoms with Gasteiger partial charge < -0.3 is 15.7 Å². The van der Waals surface area contributed by atoms with Gasteiger partial charge >= 0.3 is 12.2 Å². The van der Waals surface area contributed by atoms with Crippen LogP contribution in [0, 0.1) is 11.7 Å². The average Bonchev–Trinajstić information content (AvgIpc) is 2.61. The number of urea groups is 1. The van der Waals surface area contributed by atoms with Crippen LogP contribution in [-0.4, -0.2) is 28.8 Å². The number of carbonyl (C=O) groups is 2. The van der Waals surface area contributed by atoms with Crippen LogP contribution >= 0.6 is 0 Å². The Balaban J connectivity index is 2.19. The number of amides is 2. The monoisotopic (exact) mass is 382 g/mol. The Bertz CT molecular complexity index is 872. The molecule has 1 fully saturated rings. The quantitative estimate of drug-likeness (QED) is 0.564. The molecule has 1 aliphatic rings. The van der Waals surface area contributed by atoms with Crippen LogP contribution in [0.3, 0.4) is 0 Å². The zero-order valence-electron chi connectivity index (χ0n) is 13.6. The number of rotatable bonds is 3. The SMILES string of the molecule is O=C1N[C@@H](c2ccccc2F)[C@@H](C(=O)c2ccccc2)[C@](O)(C(F)(F)F)N1. The summed E-state index contributed by atoms with van der Waals surface area (Å²) in [6.45, 7) is 0. The van der Waals surface area contributed by atoms with Gasteiger partial charge in [-0.2, -0.15) is 13.2 Å². The number of alkyl halides is 3. The van der Waals surface area contributed by atoms with Crippen LogP contribution in [0.15, 0.2) is 54.6 Å². The van der Waals surface area contributed by atoms with Crippen molar-refractivity contribution in [1.29, 1.82) is 0 Å². The van der Waals surface area contributed by atoms with E-state index in [-0.39, 0.29) is 11.1 Å². The number of hydrogen-bond acceptors (Lipinski definition) is 3. The highest BCUT2D eigenvalue weighted by Gasteiger charge is 2.66. The molecule has 0 spiro atoms. The molecule has 142 valence electrons. The summed E-state index contributed by atoms with van der Waals surface area (Å²) in [6, 6.07) is 8.66. The molecule has 27 heavy (non-hydrogen) atoms. The second-order valence-corrected chi connectivity index (χ2v) is 6.07. The van der Waals surface area contributed by atoms with E-state index in [0.29, 0.717) is 0 Å². The van der Waals surface area contributed by atoms with Crippen LogP contribution < -0.4 is 10.6 Å². The van der Waals surface area contributed by atoms with E-state index in [4.69, 9.17) is 0 Å². The van der Waals surface area contributed by atoms with Gasteiger partial charge in [0.1, 0.15) is 11.7 Å². The molecule has 1 aliphatic heterocycles. The summed E-state index contributed by atoms with van der Waals surface area (Å²) in [7, 11) is 0.